The second-order valence-electron chi connectivity index (χ2n) is 10.2. The summed E-state index contributed by atoms with van der Waals surface area (Å²) in [5, 5.41) is 8.56. The van der Waals surface area contributed by atoms with Gasteiger partial charge in [0.15, 0.2) is 0 Å². The van der Waals surface area contributed by atoms with Crippen LogP contribution in [-0.2, 0) is 11.2 Å². The number of halogens is 1. The van der Waals surface area contributed by atoms with Gasteiger partial charge in [-0.25, -0.2) is 9.18 Å². The molecule has 9 heteroatoms. The number of hydrogen-bond acceptors (Lipinski definition) is 6. The lowest BCUT2D eigenvalue weighted by Gasteiger charge is -2.43. The molecule has 0 radical (unpaired) electrons. The number of thioether (sulfide) groups is 1. The molecule has 3 unspecified atom stereocenters. The van der Waals surface area contributed by atoms with Gasteiger partial charge < -0.3 is 14.6 Å². The zero-order chi connectivity index (χ0) is 29.6. The minimum absolute atomic E-state index is 0.0292. The molecule has 220 valence electrons. The summed E-state index contributed by atoms with van der Waals surface area (Å²) in [6.07, 6.45) is 7.72. The van der Waals surface area contributed by atoms with Crippen LogP contribution < -0.4 is 9.47 Å². The summed E-state index contributed by atoms with van der Waals surface area (Å²) in [6.45, 7) is 2.12. The maximum Gasteiger partial charge on any atom is 0.331 e. The van der Waals surface area contributed by atoms with E-state index in [0.717, 1.165) is 58.9 Å². The monoisotopic (exact) mass is 600 g/mol. The minimum atomic E-state index is -3.39. The molecule has 3 atom stereocenters. The van der Waals surface area contributed by atoms with E-state index in [9.17, 15) is 18.3 Å². The van der Waals surface area contributed by atoms with Crippen LogP contribution in [0.25, 0.3) is 0 Å². The van der Waals surface area contributed by atoms with E-state index in [1.807, 2.05) is 36.6 Å². The normalized spacial score (nSPS) is 20.7. The van der Waals surface area contributed by atoms with Crippen LogP contribution in [0.4, 0.5) is 4.39 Å². The van der Waals surface area contributed by atoms with Crippen molar-refractivity contribution >= 4 is 28.3 Å². The summed E-state index contributed by atoms with van der Waals surface area (Å²) >= 11 is 1.42. The van der Waals surface area contributed by atoms with E-state index < -0.39 is 21.8 Å². The first kappa shape index (κ1) is 31.0. The van der Waals surface area contributed by atoms with Crippen LogP contribution in [0.1, 0.15) is 55.2 Å². The van der Waals surface area contributed by atoms with Crippen molar-refractivity contribution in [3.05, 3.63) is 95.5 Å². The third kappa shape index (κ3) is 7.27. The molecule has 0 saturated heterocycles. The summed E-state index contributed by atoms with van der Waals surface area (Å²) in [5.74, 6) is -0.629. The molecule has 0 fully saturated rings. The second kappa shape index (κ2) is 13.8. The fraction of sp³-hybridized carbons (Fsp3) is 0.344. The highest BCUT2D eigenvalue weighted by Crippen LogP contribution is 2.64. The number of aliphatic carboxylic acids is 1. The number of ether oxygens (including phenoxy) is 2. The summed E-state index contributed by atoms with van der Waals surface area (Å²) in [4.78, 5) is 12.2. The number of carboxylic acids is 1. The Morgan fingerprint density at radius 3 is 2.44 bits per heavy atom. The van der Waals surface area contributed by atoms with Gasteiger partial charge in [-0.1, -0.05) is 44.0 Å². The number of rotatable bonds is 11. The Kier molecular flexibility index (Phi) is 10.4. The van der Waals surface area contributed by atoms with E-state index in [2.05, 4.69) is 6.92 Å². The van der Waals surface area contributed by atoms with Gasteiger partial charge in [0.1, 0.15) is 17.3 Å². The molecule has 1 heterocycles. The fourth-order valence-electron chi connectivity index (χ4n) is 5.58. The first-order chi connectivity index (χ1) is 19.7. The van der Waals surface area contributed by atoms with Gasteiger partial charge in [0.05, 0.1) is 34.5 Å². The number of hydrogen-bond donors (Lipinski definition) is 3. The van der Waals surface area contributed by atoms with Crippen molar-refractivity contribution < 1.29 is 32.9 Å². The van der Waals surface area contributed by atoms with Crippen LogP contribution in [-0.4, -0.2) is 38.8 Å². The highest BCUT2D eigenvalue weighted by Gasteiger charge is 2.42. The van der Waals surface area contributed by atoms with Gasteiger partial charge >= 0.3 is 5.97 Å². The van der Waals surface area contributed by atoms with Gasteiger partial charge in [0.2, 0.25) is 0 Å². The third-order valence-electron chi connectivity index (χ3n) is 7.68. The first-order valence-electron chi connectivity index (χ1n) is 13.6. The summed E-state index contributed by atoms with van der Waals surface area (Å²) in [7, 11) is -1.78. The SMILES string of the molecule is CCCCC1CC(c2ccc(F)cc2)c2cc(SC)c(O/C=C/C(=O)O)cc2S(O)(O)C1Cc1ccc(OC)cc1. The van der Waals surface area contributed by atoms with Crippen LogP contribution in [0, 0.1) is 11.7 Å². The van der Waals surface area contributed by atoms with Crippen molar-refractivity contribution in [3.63, 3.8) is 0 Å². The molecule has 0 spiro atoms. The quantitative estimate of drug-likeness (QED) is 0.115. The maximum atomic E-state index is 13.9. The largest absolute Gasteiger partial charge is 0.497 e. The van der Waals surface area contributed by atoms with E-state index in [-0.39, 0.29) is 17.7 Å². The van der Waals surface area contributed by atoms with Crippen molar-refractivity contribution in [2.24, 2.45) is 5.92 Å². The van der Waals surface area contributed by atoms with Crippen molar-refractivity contribution in [2.45, 2.75) is 60.0 Å². The number of carbonyl (C=O) groups is 1. The van der Waals surface area contributed by atoms with E-state index in [4.69, 9.17) is 14.6 Å². The van der Waals surface area contributed by atoms with Gasteiger partial charge in [0.25, 0.3) is 0 Å². The number of methoxy groups -OCH3 is 1. The average molecular weight is 601 g/mol. The molecule has 0 bridgehead atoms. The van der Waals surface area contributed by atoms with Crippen LogP contribution in [0.15, 0.2) is 82.8 Å². The van der Waals surface area contributed by atoms with Gasteiger partial charge in [-0.15, -0.1) is 11.8 Å². The Morgan fingerprint density at radius 2 is 1.83 bits per heavy atom. The van der Waals surface area contributed by atoms with E-state index >= 15 is 0 Å². The number of unbranched alkanes of at least 4 members (excludes halogenated alkanes) is 1. The van der Waals surface area contributed by atoms with Crippen LogP contribution >= 0.6 is 22.4 Å². The average Bonchev–Trinajstić information content (AvgIpc) is 3.04. The predicted octanol–water partition coefficient (Wildman–Crippen LogP) is 8.60. The van der Waals surface area contributed by atoms with Gasteiger partial charge in [0, 0.05) is 12.0 Å². The van der Waals surface area contributed by atoms with E-state index in [0.29, 0.717) is 23.5 Å². The van der Waals surface area contributed by atoms with Crippen LogP contribution in [0.5, 0.6) is 11.5 Å². The van der Waals surface area contributed by atoms with Gasteiger partial charge in [-0.2, -0.15) is 10.6 Å². The minimum Gasteiger partial charge on any atom is -0.497 e. The van der Waals surface area contributed by atoms with Gasteiger partial charge in [-0.3, -0.25) is 9.11 Å². The standard InChI is InChI=1S/C32H37FO6S2/c1-4-5-6-23-18-26(22-9-11-24(33)12-10-22)27-19-29(40-3)28(39-16-15-32(34)35)20-31(27)41(36,37)30(23)17-21-7-13-25(38-2)14-8-21/h7-16,19-20,23,26,30,36-37H,4-6,17-18H2,1-3H3,(H,34,35)/b16-15+. The molecule has 6 nitrogen and oxygen atoms in total. The molecule has 0 amide bonds. The zero-order valence-corrected chi connectivity index (χ0v) is 25.1. The highest BCUT2D eigenvalue weighted by atomic mass is 32.3. The van der Waals surface area contributed by atoms with E-state index in [1.165, 1.54) is 23.9 Å². The Hall–Kier alpha value is -2.98. The molecule has 3 N–H and O–H groups in total. The molecular formula is C32H37FO6S2. The highest BCUT2D eigenvalue weighted by molar-refractivity contribution is 8.25. The summed E-state index contributed by atoms with van der Waals surface area (Å²) in [6, 6.07) is 17.7. The molecule has 41 heavy (non-hydrogen) atoms. The lowest BCUT2D eigenvalue weighted by Crippen LogP contribution is -2.29. The fourth-order valence-corrected chi connectivity index (χ4v) is 8.49. The first-order valence-corrected chi connectivity index (χ1v) is 16.4. The molecule has 1 aliphatic heterocycles. The molecular weight excluding hydrogens is 563 g/mol. The number of fused-ring (bicyclic) bond motifs is 1. The molecule has 0 aliphatic carbocycles. The lowest BCUT2D eigenvalue weighted by molar-refractivity contribution is -0.131. The molecule has 1 aliphatic rings. The molecule has 0 saturated carbocycles. The maximum absolute atomic E-state index is 13.9. The topological polar surface area (TPSA) is 96.2 Å². The number of carboxylic acid groups (broad SMARTS) is 1. The lowest BCUT2D eigenvalue weighted by atomic mass is 9.80. The Morgan fingerprint density at radius 1 is 1.12 bits per heavy atom. The van der Waals surface area contributed by atoms with Gasteiger partial charge in [-0.05, 0) is 78.5 Å². The Bertz CT molecular complexity index is 1360. The molecule has 4 rings (SSSR count). The van der Waals surface area contributed by atoms with E-state index in [1.54, 1.807) is 25.3 Å². The zero-order valence-electron chi connectivity index (χ0n) is 23.5. The smallest absolute Gasteiger partial charge is 0.331 e. The van der Waals surface area contributed by atoms with Crippen molar-refractivity contribution in [2.75, 3.05) is 13.4 Å². The second-order valence-corrected chi connectivity index (χ2v) is 13.3. The third-order valence-corrected chi connectivity index (χ3v) is 10.8. The molecule has 3 aromatic rings. The summed E-state index contributed by atoms with van der Waals surface area (Å²) < 4.78 is 49.4. The van der Waals surface area contributed by atoms with Crippen molar-refractivity contribution in [1.29, 1.82) is 0 Å². The van der Waals surface area contributed by atoms with Crippen molar-refractivity contribution in [1.82, 2.24) is 0 Å². The summed E-state index contributed by atoms with van der Waals surface area (Å²) in [5.41, 5.74) is 2.65. The number of benzene rings is 3. The van der Waals surface area contributed by atoms with Crippen molar-refractivity contribution in [3.8, 4) is 11.5 Å². The van der Waals surface area contributed by atoms with Crippen LogP contribution in [0.3, 0.4) is 0 Å². The van der Waals surface area contributed by atoms with Crippen LogP contribution in [0.2, 0.25) is 0 Å². The Balaban J connectivity index is 1.90. The Labute approximate surface area is 246 Å². The molecule has 3 aromatic carbocycles. The predicted molar refractivity (Wildman–Crippen MR) is 163 cm³/mol. The molecule has 0 aromatic heterocycles.